The highest BCUT2D eigenvalue weighted by atomic mass is 16.6. The second kappa shape index (κ2) is 6.78. The van der Waals surface area contributed by atoms with Crippen LogP contribution in [0, 0.1) is 13.8 Å². The van der Waals surface area contributed by atoms with Crippen molar-refractivity contribution in [3.05, 3.63) is 22.5 Å². The van der Waals surface area contributed by atoms with E-state index in [0.29, 0.717) is 12.3 Å². The molecular weight excluding hydrogens is 270 g/mol. The van der Waals surface area contributed by atoms with Gasteiger partial charge < -0.3 is 14.5 Å². The molecule has 1 heterocycles. The lowest BCUT2D eigenvalue weighted by Gasteiger charge is -2.19. The maximum atomic E-state index is 12.1. The first kappa shape index (κ1) is 17.3. The number of esters is 2. The molecular formula is C16H25NO4. The molecule has 0 aliphatic carbocycles. The van der Waals surface area contributed by atoms with Gasteiger partial charge in [-0.25, -0.2) is 4.79 Å². The van der Waals surface area contributed by atoms with E-state index >= 15 is 0 Å². The van der Waals surface area contributed by atoms with Gasteiger partial charge in [0.2, 0.25) is 0 Å². The number of carbonyl (C=O) groups is 2. The minimum Gasteiger partial charge on any atom is -0.466 e. The molecule has 5 heteroatoms. The minimum absolute atomic E-state index is 0.271. The number of carbonyl (C=O) groups excluding carboxylic acids is 2. The van der Waals surface area contributed by atoms with Gasteiger partial charge in [-0.2, -0.15) is 0 Å². The van der Waals surface area contributed by atoms with E-state index in [1.807, 2.05) is 34.6 Å². The molecule has 1 rings (SSSR count). The molecule has 0 fully saturated rings. The molecule has 118 valence electrons. The molecule has 0 spiro atoms. The average Bonchev–Trinajstić information content (AvgIpc) is 2.59. The van der Waals surface area contributed by atoms with E-state index < -0.39 is 5.60 Å². The number of aromatic nitrogens is 1. The van der Waals surface area contributed by atoms with Gasteiger partial charge in [0.1, 0.15) is 11.3 Å². The first-order chi connectivity index (χ1) is 9.61. The lowest BCUT2D eigenvalue weighted by molar-refractivity contribution is -0.141. The fraction of sp³-hybridized carbons (Fsp3) is 0.625. The maximum absolute atomic E-state index is 12.1. The van der Waals surface area contributed by atoms with E-state index in [0.717, 1.165) is 29.7 Å². The Hall–Kier alpha value is -1.78. The van der Waals surface area contributed by atoms with E-state index in [4.69, 9.17) is 9.47 Å². The second-order valence-electron chi connectivity index (χ2n) is 6.17. The molecule has 0 bridgehead atoms. The molecule has 5 nitrogen and oxygen atoms in total. The summed E-state index contributed by atoms with van der Waals surface area (Å²) in [7, 11) is 0. The summed E-state index contributed by atoms with van der Waals surface area (Å²) in [5, 5.41) is 0. The Morgan fingerprint density at radius 2 is 1.81 bits per heavy atom. The molecule has 1 N–H and O–H groups in total. The van der Waals surface area contributed by atoms with Crippen molar-refractivity contribution in [3.8, 4) is 0 Å². The van der Waals surface area contributed by atoms with Crippen molar-refractivity contribution in [2.24, 2.45) is 0 Å². The maximum Gasteiger partial charge on any atom is 0.355 e. The van der Waals surface area contributed by atoms with E-state index in [2.05, 4.69) is 4.98 Å². The van der Waals surface area contributed by atoms with Gasteiger partial charge in [0, 0.05) is 12.6 Å². The van der Waals surface area contributed by atoms with Crippen molar-refractivity contribution in [2.75, 3.05) is 6.61 Å². The Kier molecular flexibility index (Phi) is 5.58. The molecule has 21 heavy (non-hydrogen) atoms. The zero-order valence-corrected chi connectivity index (χ0v) is 13.8. The molecule has 0 saturated heterocycles. The van der Waals surface area contributed by atoms with Crippen LogP contribution in [0.1, 0.15) is 61.4 Å². The van der Waals surface area contributed by atoms with Gasteiger partial charge in [0.15, 0.2) is 0 Å². The summed E-state index contributed by atoms with van der Waals surface area (Å²) in [6, 6.07) is 0. The average molecular weight is 295 g/mol. The zero-order chi connectivity index (χ0) is 16.2. The van der Waals surface area contributed by atoms with Crippen LogP contribution < -0.4 is 0 Å². The van der Waals surface area contributed by atoms with Crippen LogP contribution in [0.2, 0.25) is 0 Å². The highest BCUT2D eigenvalue weighted by Crippen LogP contribution is 2.22. The second-order valence-corrected chi connectivity index (χ2v) is 6.17. The lowest BCUT2D eigenvalue weighted by atomic mass is 10.1. The summed E-state index contributed by atoms with van der Waals surface area (Å²) < 4.78 is 10.3. The number of rotatable bonds is 5. The molecule has 1 aromatic rings. The SMILES string of the molecule is CC(=O)OCCCc1c(C)[nH]c(C(=O)OC(C)(C)C)c1C. The van der Waals surface area contributed by atoms with Crippen LogP contribution in [0.4, 0.5) is 0 Å². The van der Waals surface area contributed by atoms with Gasteiger partial charge in [-0.1, -0.05) is 0 Å². The Morgan fingerprint density at radius 3 is 2.33 bits per heavy atom. The Bertz CT molecular complexity index is 523. The first-order valence-corrected chi connectivity index (χ1v) is 7.16. The van der Waals surface area contributed by atoms with Crippen LogP contribution in [-0.2, 0) is 20.7 Å². The Balaban J connectivity index is 2.76. The molecule has 0 amide bonds. The van der Waals surface area contributed by atoms with Crippen LogP contribution in [0.3, 0.4) is 0 Å². The fourth-order valence-electron chi connectivity index (χ4n) is 2.16. The lowest BCUT2D eigenvalue weighted by Crippen LogP contribution is -2.24. The number of H-pyrrole nitrogens is 1. The van der Waals surface area contributed by atoms with Crippen LogP contribution in [0.25, 0.3) is 0 Å². The summed E-state index contributed by atoms with van der Waals surface area (Å²) in [5.41, 5.74) is 2.94. The third-order valence-electron chi connectivity index (χ3n) is 3.07. The summed E-state index contributed by atoms with van der Waals surface area (Å²) in [4.78, 5) is 26.0. The van der Waals surface area contributed by atoms with Crippen LogP contribution >= 0.6 is 0 Å². The molecule has 1 aromatic heterocycles. The Morgan fingerprint density at radius 1 is 1.19 bits per heavy atom. The zero-order valence-electron chi connectivity index (χ0n) is 13.8. The van der Waals surface area contributed by atoms with E-state index in [-0.39, 0.29) is 11.9 Å². The monoisotopic (exact) mass is 295 g/mol. The number of ether oxygens (including phenoxy) is 2. The van der Waals surface area contributed by atoms with Crippen molar-refractivity contribution < 1.29 is 19.1 Å². The summed E-state index contributed by atoms with van der Waals surface area (Å²) in [5.74, 6) is -0.610. The normalized spacial score (nSPS) is 11.3. The largest absolute Gasteiger partial charge is 0.466 e. The molecule has 0 saturated carbocycles. The molecule has 0 aromatic carbocycles. The number of hydrogen-bond acceptors (Lipinski definition) is 4. The predicted octanol–water partition coefficient (Wildman–Crippen LogP) is 3.08. The molecule has 0 radical (unpaired) electrons. The number of aryl methyl sites for hydroxylation is 1. The summed E-state index contributed by atoms with van der Waals surface area (Å²) >= 11 is 0. The standard InChI is InChI=1S/C16H25NO4/c1-10-13(8-7-9-20-12(3)18)11(2)17-14(10)15(19)21-16(4,5)6/h17H,7-9H2,1-6H3. The van der Waals surface area contributed by atoms with Crippen molar-refractivity contribution in [1.82, 2.24) is 4.98 Å². The molecule has 0 atom stereocenters. The van der Waals surface area contributed by atoms with Crippen molar-refractivity contribution in [3.63, 3.8) is 0 Å². The summed E-state index contributed by atoms with van der Waals surface area (Å²) in [6.07, 6.45) is 1.48. The van der Waals surface area contributed by atoms with Gasteiger partial charge in [-0.3, -0.25) is 4.79 Å². The number of aromatic amines is 1. The topological polar surface area (TPSA) is 68.4 Å². The van der Waals surface area contributed by atoms with Gasteiger partial charge in [-0.15, -0.1) is 0 Å². The van der Waals surface area contributed by atoms with Crippen LogP contribution in [0.5, 0.6) is 0 Å². The first-order valence-electron chi connectivity index (χ1n) is 7.16. The van der Waals surface area contributed by atoms with Crippen molar-refractivity contribution >= 4 is 11.9 Å². The third-order valence-corrected chi connectivity index (χ3v) is 3.07. The van der Waals surface area contributed by atoms with Gasteiger partial charge in [0.05, 0.1) is 6.61 Å². The predicted molar refractivity (Wildman–Crippen MR) is 80.4 cm³/mol. The molecule has 0 unspecified atom stereocenters. The van der Waals surface area contributed by atoms with E-state index in [9.17, 15) is 9.59 Å². The van der Waals surface area contributed by atoms with Crippen molar-refractivity contribution in [2.45, 2.75) is 60.0 Å². The third kappa shape index (κ3) is 5.25. The van der Waals surface area contributed by atoms with E-state index in [1.165, 1.54) is 6.92 Å². The fourth-order valence-corrected chi connectivity index (χ4v) is 2.16. The quantitative estimate of drug-likeness (QED) is 0.669. The summed E-state index contributed by atoms with van der Waals surface area (Å²) in [6.45, 7) is 11.2. The minimum atomic E-state index is -0.516. The highest BCUT2D eigenvalue weighted by molar-refractivity contribution is 5.90. The number of nitrogens with one attached hydrogen (secondary N) is 1. The smallest absolute Gasteiger partial charge is 0.355 e. The molecule has 0 aliphatic heterocycles. The van der Waals surface area contributed by atoms with Crippen LogP contribution in [-0.4, -0.2) is 29.1 Å². The van der Waals surface area contributed by atoms with Crippen LogP contribution in [0.15, 0.2) is 0 Å². The van der Waals surface area contributed by atoms with Crippen molar-refractivity contribution in [1.29, 1.82) is 0 Å². The Labute approximate surface area is 126 Å². The van der Waals surface area contributed by atoms with E-state index in [1.54, 1.807) is 0 Å². The molecule has 0 aliphatic rings. The van der Waals surface area contributed by atoms with Gasteiger partial charge in [-0.05, 0) is 58.6 Å². The highest BCUT2D eigenvalue weighted by Gasteiger charge is 2.23. The van der Waals surface area contributed by atoms with Gasteiger partial charge in [0.25, 0.3) is 0 Å². The van der Waals surface area contributed by atoms with Gasteiger partial charge >= 0.3 is 11.9 Å². The number of hydrogen-bond donors (Lipinski definition) is 1.